The van der Waals surface area contributed by atoms with E-state index >= 15 is 0 Å². The zero-order valence-electron chi connectivity index (χ0n) is 9.27. The summed E-state index contributed by atoms with van der Waals surface area (Å²) >= 11 is 5.88. The zero-order valence-corrected chi connectivity index (χ0v) is 10.0. The summed E-state index contributed by atoms with van der Waals surface area (Å²) in [5, 5.41) is 3.40. The SMILES string of the molecule is Cc1ccc(Cl)cc1NC(=O)c1cccnc1. The lowest BCUT2D eigenvalue weighted by atomic mass is 10.2. The molecule has 0 bridgehead atoms. The molecule has 2 aromatic rings. The van der Waals surface area contributed by atoms with Crippen LogP contribution in [0.25, 0.3) is 0 Å². The largest absolute Gasteiger partial charge is 0.322 e. The van der Waals surface area contributed by atoms with Gasteiger partial charge in [0.15, 0.2) is 0 Å². The highest BCUT2D eigenvalue weighted by atomic mass is 35.5. The maximum atomic E-state index is 11.9. The van der Waals surface area contributed by atoms with Crippen LogP contribution in [-0.4, -0.2) is 10.9 Å². The van der Waals surface area contributed by atoms with Crippen LogP contribution in [0.15, 0.2) is 42.7 Å². The van der Waals surface area contributed by atoms with Crippen molar-refractivity contribution in [3.8, 4) is 0 Å². The van der Waals surface area contributed by atoms with Crippen molar-refractivity contribution in [1.29, 1.82) is 0 Å². The second-order valence-corrected chi connectivity index (χ2v) is 4.09. The summed E-state index contributed by atoms with van der Waals surface area (Å²) in [6, 6.07) is 8.81. The van der Waals surface area contributed by atoms with E-state index in [0.29, 0.717) is 16.3 Å². The molecule has 0 radical (unpaired) electrons. The highest BCUT2D eigenvalue weighted by Crippen LogP contribution is 2.20. The Morgan fingerprint density at radius 3 is 2.88 bits per heavy atom. The number of anilines is 1. The lowest BCUT2D eigenvalue weighted by Gasteiger charge is -2.08. The Kier molecular flexibility index (Phi) is 3.40. The summed E-state index contributed by atoms with van der Waals surface area (Å²) in [5.41, 5.74) is 2.20. The van der Waals surface area contributed by atoms with E-state index in [1.165, 1.54) is 6.20 Å². The lowest BCUT2D eigenvalue weighted by molar-refractivity contribution is 0.102. The second kappa shape index (κ2) is 4.97. The van der Waals surface area contributed by atoms with Gasteiger partial charge in [0.25, 0.3) is 5.91 Å². The minimum Gasteiger partial charge on any atom is -0.322 e. The first-order chi connectivity index (χ1) is 8.16. The Balaban J connectivity index is 2.22. The molecule has 3 nitrogen and oxygen atoms in total. The van der Waals surface area contributed by atoms with E-state index in [2.05, 4.69) is 10.3 Å². The van der Waals surface area contributed by atoms with Gasteiger partial charge in [-0.15, -0.1) is 0 Å². The standard InChI is InChI=1S/C13H11ClN2O/c1-9-4-5-11(14)7-12(9)16-13(17)10-3-2-6-15-8-10/h2-8H,1H3,(H,16,17). The summed E-state index contributed by atoms with van der Waals surface area (Å²) in [6.45, 7) is 1.91. The van der Waals surface area contributed by atoms with Crippen LogP contribution in [0.3, 0.4) is 0 Å². The third kappa shape index (κ3) is 2.82. The molecule has 0 aliphatic heterocycles. The molecule has 0 aliphatic carbocycles. The number of halogens is 1. The van der Waals surface area contributed by atoms with Gasteiger partial charge in [-0.3, -0.25) is 9.78 Å². The number of hydrogen-bond acceptors (Lipinski definition) is 2. The van der Waals surface area contributed by atoms with Gasteiger partial charge < -0.3 is 5.32 Å². The number of nitrogens with one attached hydrogen (secondary N) is 1. The lowest BCUT2D eigenvalue weighted by Crippen LogP contribution is -2.12. The average Bonchev–Trinajstić information content (AvgIpc) is 2.35. The molecule has 86 valence electrons. The molecule has 1 heterocycles. The van der Waals surface area contributed by atoms with Gasteiger partial charge in [-0.1, -0.05) is 17.7 Å². The van der Waals surface area contributed by atoms with Crippen LogP contribution in [0.4, 0.5) is 5.69 Å². The molecule has 0 aliphatic rings. The topological polar surface area (TPSA) is 42.0 Å². The highest BCUT2D eigenvalue weighted by Gasteiger charge is 2.07. The minimum atomic E-state index is -0.191. The first-order valence-electron chi connectivity index (χ1n) is 5.14. The molecule has 1 aromatic heterocycles. The number of aromatic nitrogens is 1. The van der Waals surface area contributed by atoms with Crippen LogP contribution >= 0.6 is 11.6 Å². The molecule has 0 unspecified atom stereocenters. The Labute approximate surface area is 104 Å². The van der Waals surface area contributed by atoms with E-state index in [1.807, 2.05) is 13.0 Å². The van der Waals surface area contributed by atoms with E-state index in [1.54, 1.807) is 30.5 Å². The van der Waals surface area contributed by atoms with Gasteiger partial charge in [-0.2, -0.15) is 0 Å². The molecule has 17 heavy (non-hydrogen) atoms. The number of amides is 1. The van der Waals surface area contributed by atoms with E-state index < -0.39 is 0 Å². The number of carbonyl (C=O) groups is 1. The smallest absolute Gasteiger partial charge is 0.257 e. The summed E-state index contributed by atoms with van der Waals surface area (Å²) in [4.78, 5) is 15.8. The van der Waals surface area contributed by atoms with Crippen molar-refractivity contribution in [3.63, 3.8) is 0 Å². The first-order valence-corrected chi connectivity index (χ1v) is 5.52. The summed E-state index contributed by atoms with van der Waals surface area (Å²) in [7, 11) is 0. The summed E-state index contributed by atoms with van der Waals surface area (Å²) in [6.07, 6.45) is 3.15. The van der Waals surface area contributed by atoms with Gasteiger partial charge in [0, 0.05) is 23.1 Å². The number of aryl methyl sites for hydroxylation is 1. The van der Waals surface area contributed by atoms with Crippen molar-refractivity contribution in [2.75, 3.05) is 5.32 Å². The van der Waals surface area contributed by atoms with Gasteiger partial charge in [0.05, 0.1) is 5.56 Å². The van der Waals surface area contributed by atoms with Crippen molar-refractivity contribution < 1.29 is 4.79 Å². The molecular weight excluding hydrogens is 236 g/mol. The van der Waals surface area contributed by atoms with Crippen molar-refractivity contribution >= 4 is 23.2 Å². The third-order valence-corrected chi connectivity index (χ3v) is 2.61. The Morgan fingerprint density at radius 2 is 2.18 bits per heavy atom. The minimum absolute atomic E-state index is 0.191. The number of rotatable bonds is 2. The number of pyridine rings is 1. The summed E-state index contributed by atoms with van der Waals surface area (Å²) < 4.78 is 0. The average molecular weight is 247 g/mol. The van der Waals surface area contributed by atoms with Crippen molar-refractivity contribution in [1.82, 2.24) is 4.98 Å². The maximum absolute atomic E-state index is 11.9. The molecular formula is C13H11ClN2O. The number of benzene rings is 1. The molecule has 0 atom stereocenters. The molecule has 4 heteroatoms. The van der Waals surface area contributed by atoms with Crippen molar-refractivity contribution in [3.05, 3.63) is 58.9 Å². The van der Waals surface area contributed by atoms with Crippen molar-refractivity contribution in [2.24, 2.45) is 0 Å². The Morgan fingerprint density at radius 1 is 1.35 bits per heavy atom. The molecule has 1 N–H and O–H groups in total. The quantitative estimate of drug-likeness (QED) is 0.884. The van der Waals surface area contributed by atoms with Gasteiger partial charge >= 0.3 is 0 Å². The van der Waals surface area contributed by atoms with Gasteiger partial charge in [-0.25, -0.2) is 0 Å². The van der Waals surface area contributed by atoms with E-state index in [4.69, 9.17) is 11.6 Å². The van der Waals surface area contributed by atoms with Crippen molar-refractivity contribution in [2.45, 2.75) is 6.92 Å². The fourth-order valence-electron chi connectivity index (χ4n) is 1.42. The van der Waals surface area contributed by atoms with Crippen LogP contribution < -0.4 is 5.32 Å². The fourth-order valence-corrected chi connectivity index (χ4v) is 1.59. The van der Waals surface area contributed by atoms with Crippen LogP contribution in [-0.2, 0) is 0 Å². The molecule has 0 fully saturated rings. The molecule has 2 rings (SSSR count). The third-order valence-electron chi connectivity index (χ3n) is 2.37. The van der Waals surface area contributed by atoms with Crippen LogP contribution in [0, 0.1) is 6.92 Å². The van der Waals surface area contributed by atoms with Crippen LogP contribution in [0.1, 0.15) is 15.9 Å². The van der Waals surface area contributed by atoms with Crippen LogP contribution in [0.5, 0.6) is 0 Å². The summed E-state index contributed by atoms with van der Waals surface area (Å²) in [5.74, 6) is -0.191. The molecule has 0 saturated heterocycles. The molecule has 1 aromatic carbocycles. The fraction of sp³-hybridized carbons (Fsp3) is 0.0769. The van der Waals surface area contributed by atoms with E-state index in [9.17, 15) is 4.79 Å². The molecule has 1 amide bonds. The number of hydrogen-bond donors (Lipinski definition) is 1. The predicted molar refractivity (Wildman–Crippen MR) is 68.4 cm³/mol. The Bertz CT molecular complexity index is 540. The molecule has 0 spiro atoms. The number of nitrogens with zero attached hydrogens (tertiary/aromatic N) is 1. The number of carbonyl (C=O) groups excluding carboxylic acids is 1. The normalized spacial score (nSPS) is 10.0. The van der Waals surface area contributed by atoms with Crippen LogP contribution in [0.2, 0.25) is 5.02 Å². The second-order valence-electron chi connectivity index (χ2n) is 3.66. The molecule has 0 saturated carbocycles. The first kappa shape index (κ1) is 11.6. The Hall–Kier alpha value is -1.87. The predicted octanol–water partition coefficient (Wildman–Crippen LogP) is 3.30. The van der Waals surface area contributed by atoms with Gasteiger partial charge in [-0.05, 0) is 36.8 Å². The highest BCUT2D eigenvalue weighted by molar-refractivity contribution is 6.31. The zero-order chi connectivity index (χ0) is 12.3. The van der Waals surface area contributed by atoms with Gasteiger partial charge in [0.2, 0.25) is 0 Å². The van der Waals surface area contributed by atoms with E-state index in [0.717, 1.165) is 5.56 Å². The van der Waals surface area contributed by atoms with Gasteiger partial charge in [0.1, 0.15) is 0 Å². The monoisotopic (exact) mass is 246 g/mol. The van der Waals surface area contributed by atoms with E-state index in [-0.39, 0.29) is 5.91 Å². The maximum Gasteiger partial charge on any atom is 0.257 e.